The fourth-order valence-corrected chi connectivity index (χ4v) is 2.59. The SMILES string of the molecule is FC(F)SCc1ccc(CNCCc2nccs2)o1. The summed E-state index contributed by atoms with van der Waals surface area (Å²) in [7, 11) is 0. The van der Waals surface area contributed by atoms with Crippen LogP contribution >= 0.6 is 23.1 Å². The Kier molecular flexibility index (Phi) is 5.81. The summed E-state index contributed by atoms with van der Waals surface area (Å²) in [5.41, 5.74) is 0. The number of nitrogens with zero attached hydrogens (tertiary/aromatic N) is 1. The number of alkyl halides is 2. The molecule has 7 heteroatoms. The van der Waals surface area contributed by atoms with Crippen LogP contribution in [0.5, 0.6) is 0 Å². The Morgan fingerprint density at radius 3 is 2.95 bits per heavy atom. The van der Waals surface area contributed by atoms with Crippen molar-refractivity contribution >= 4 is 23.1 Å². The molecule has 0 spiro atoms. The first-order valence-corrected chi connectivity index (χ1v) is 7.73. The number of thioether (sulfide) groups is 1. The van der Waals surface area contributed by atoms with Crippen molar-refractivity contribution in [2.45, 2.75) is 24.5 Å². The lowest BCUT2D eigenvalue weighted by Crippen LogP contribution is -2.16. The van der Waals surface area contributed by atoms with Gasteiger partial charge in [0.15, 0.2) is 0 Å². The van der Waals surface area contributed by atoms with Crippen molar-refractivity contribution in [3.63, 3.8) is 0 Å². The predicted molar refractivity (Wildman–Crippen MR) is 73.5 cm³/mol. The van der Waals surface area contributed by atoms with Gasteiger partial charge >= 0.3 is 0 Å². The molecular formula is C12H14F2N2OS2. The number of aromatic nitrogens is 1. The lowest BCUT2D eigenvalue weighted by atomic mass is 10.4. The third-order valence-electron chi connectivity index (χ3n) is 2.37. The molecule has 0 bridgehead atoms. The van der Waals surface area contributed by atoms with Crippen molar-refractivity contribution in [1.29, 1.82) is 0 Å². The van der Waals surface area contributed by atoms with E-state index in [4.69, 9.17) is 4.42 Å². The molecule has 0 atom stereocenters. The molecule has 0 unspecified atom stereocenters. The zero-order valence-corrected chi connectivity index (χ0v) is 11.8. The third kappa shape index (κ3) is 5.30. The van der Waals surface area contributed by atoms with Gasteiger partial charge in [-0.3, -0.25) is 0 Å². The highest BCUT2D eigenvalue weighted by molar-refractivity contribution is 7.98. The molecule has 19 heavy (non-hydrogen) atoms. The van der Waals surface area contributed by atoms with Crippen molar-refractivity contribution < 1.29 is 13.2 Å². The molecule has 0 fully saturated rings. The first-order valence-electron chi connectivity index (χ1n) is 5.80. The van der Waals surface area contributed by atoms with Crippen LogP contribution in [0, 0.1) is 0 Å². The second kappa shape index (κ2) is 7.62. The van der Waals surface area contributed by atoms with Gasteiger partial charge in [-0.05, 0) is 12.1 Å². The van der Waals surface area contributed by atoms with Gasteiger partial charge in [0.2, 0.25) is 0 Å². The van der Waals surface area contributed by atoms with Gasteiger partial charge in [0, 0.05) is 24.5 Å². The van der Waals surface area contributed by atoms with Gasteiger partial charge in [-0.25, -0.2) is 4.98 Å². The quantitative estimate of drug-likeness (QED) is 0.757. The van der Waals surface area contributed by atoms with Gasteiger partial charge < -0.3 is 9.73 Å². The number of furan rings is 1. The van der Waals surface area contributed by atoms with Crippen LogP contribution in [0.3, 0.4) is 0 Å². The standard InChI is InChI=1S/C12H14F2N2OS2/c13-12(14)19-8-10-2-1-9(17-10)7-15-4-3-11-16-5-6-18-11/h1-2,5-6,12,15H,3-4,7-8H2. The second-order valence-electron chi connectivity index (χ2n) is 3.79. The van der Waals surface area contributed by atoms with E-state index in [1.807, 2.05) is 11.4 Å². The number of hydrogen-bond acceptors (Lipinski definition) is 5. The summed E-state index contributed by atoms with van der Waals surface area (Å²) < 4.78 is 29.5. The van der Waals surface area contributed by atoms with E-state index in [9.17, 15) is 8.78 Å². The molecule has 1 N–H and O–H groups in total. The molecule has 0 aliphatic heterocycles. The molecule has 2 aromatic rings. The molecule has 0 aliphatic rings. The maximum atomic E-state index is 12.0. The smallest absolute Gasteiger partial charge is 0.284 e. The number of halogens is 2. The second-order valence-corrected chi connectivity index (χ2v) is 5.75. The molecule has 0 aromatic carbocycles. The lowest BCUT2D eigenvalue weighted by molar-refractivity contribution is 0.251. The van der Waals surface area contributed by atoms with Crippen molar-refractivity contribution in [2.75, 3.05) is 6.54 Å². The predicted octanol–water partition coefficient (Wildman–Crippen LogP) is 3.52. The molecule has 3 nitrogen and oxygen atoms in total. The fourth-order valence-electron chi connectivity index (χ4n) is 1.52. The van der Waals surface area contributed by atoms with Crippen LogP contribution in [0.25, 0.3) is 0 Å². The summed E-state index contributed by atoms with van der Waals surface area (Å²) in [6.07, 6.45) is 2.67. The molecule has 0 saturated heterocycles. The van der Waals surface area contributed by atoms with E-state index in [1.54, 1.807) is 23.6 Å². The third-order valence-corrected chi connectivity index (χ3v) is 3.91. The van der Waals surface area contributed by atoms with Crippen LogP contribution in [0.15, 0.2) is 28.1 Å². The van der Waals surface area contributed by atoms with E-state index >= 15 is 0 Å². The summed E-state index contributed by atoms with van der Waals surface area (Å²) in [6.45, 7) is 1.42. The Balaban J connectivity index is 1.65. The van der Waals surface area contributed by atoms with Gasteiger partial charge in [0.1, 0.15) is 11.5 Å². The molecule has 104 valence electrons. The van der Waals surface area contributed by atoms with Crippen molar-refractivity contribution in [3.05, 3.63) is 40.2 Å². The molecule has 0 saturated carbocycles. The number of hydrogen-bond donors (Lipinski definition) is 1. The number of rotatable bonds is 8. The van der Waals surface area contributed by atoms with E-state index in [-0.39, 0.29) is 5.75 Å². The molecule has 2 rings (SSSR count). The minimum absolute atomic E-state index is 0.205. The van der Waals surface area contributed by atoms with E-state index in [1.165, 1.54) is 0 Å². The van der Waals surface area contributed by atoms with Crippen molar-refractivity contribution in [2.24, 2.45) is 0 Å². The Hall–Kier alpha value is -0.920. The van der Waals surface area contributed by atoms with Gasteiger partial charge in [0.05, 0.1) is 17.3 Å². The summed E-state index contributed by atoms with van der Waals surface area (Å²) >= 11 is 2.20. The molecule has 0 radical (unpaired) electrons. The summed E-state index contributed by atoms with van der Waals surface area (Å²) in [4.78, 5) is 4.19. The van der Waals surface area contributed by atoms with Gasteiger partial charge in [-0.1, -0.05) is 11.8 Å². The van der Waals surface area contributed by atoms with Crippen LogP contribution in [-0.2, 0) is 18.7 Å². The molecular weight excluding hydrogens is 290 g/mol. The summed E-state index contributed by atoms with van der Waals surface area (Å²) in [6, 6.07) is 3.56. The monoisotopic (exact) mass is 304 g/mol. The highest BCUT2D eigenvalue weighted by atomic mass is 32.2. The minimum atomic E-state index is -2.36. The van der Waals surface area contributed by atoms with Crippen LogP contribution in [0.1, 0.15) is 16.5 Å². The number of nitrogens with one attached hydrogen (secondary N) is 1. The van der Waals surface area contributed by atoms with E-state index < -0.39 is 5.76 Å². The Morgan fingerprint density at radius 1 is 1.37 bits per heavy atom. The van der Waals surface area contributed by atoms with Crippen LogP contribution in [0.4, 0.5) is 8.78 Å². The molecule has 2 aromatic heterocycles. The van der Waals surface area contributed by atoms with Crippen LogP contribution in [-0.4, -0.2) is 17.3 Å². The topological polar surface area (TPSA) is 38.1 Å². The first kappa shape index (κ1) is 14.5. The highest BCUT2D eigenvalue weighted by Crippen LogP contribution is 2.21. The van der Waals surface area contributed by atoms with Gasteiger partial charge in [-0.2, -0.15) is 8.78 Å². The van der Waals surface area contributed by atoms with Gasteiger partial charge in [-0.15, -0.1) is 11.3 Å². The fraction of sp³-hybridized carbons (Fsp3) is 0.417. The average Bonchev–Trinajstić information content (AvgIpc) is 3.04. The lowest BCUT2D eigenvalue weighted by Gasteiger charge is -2.01. The molecule has 2 heterocycles. The zero-order valence-electron chi connectivity index (χ0n) is 10.1. The van der Waals surface area contributed by atoms with E-state index in [0.29, 0.717) is 24.1 Å². The first-order chi connectivity index (χ1) is 9.24. The zero-order chi connectivity index (χ0) is 13.5. The Morgan fingerprint density at radius 2 is 2.21 bits per heavy atom. The maximum absolute atomic E-state index is 12.0. The van der Waals surface area contributed by atoms with Crippen LogP contribution < -0.4 is 5.32 Å². The summed E-state index contributed by atoms with van der Waals surface area (Å²) in [5, 5.41) is 6.29. The van der Waals surface area contributed by atoms with Crippen molar-refractivity contribution in [3.8, 4) is 0 Å². The Bertz CT molecular complexity index is 474. The summed E-state index contributed by atoms with van der Waals surface area (Å²) in [5.74, 6) is -0.799. The maximum Gasteiger partial charge on any atom is 0.284 e. The normalized spacial score (nSPS) is 11.3. The molecule has 0 amide bonds. The minimum Gasteiger partial charge on any atom is -0.464 e. The Labute approximate surface area is 118 Å². The number of thiazole rings is 1. The van der Waals surface area contributed by atoms with E-state index in [0.717, 1.165) is 23.7 Å². The average molecular weight is 304 g/mol. The molecule has 0 aliphatic carbocycles. The highest BCUT2D eigenvalue weighted by Gasteiger charge is 2.07. The van der Waals surface area contributed by atoms with E-state index in [2.05, 4.69) is 10.3 Å². The largest absolute Gasteiger partial charge is 0.464 e. The van der Waals surface area contributed by atoms with Gasteiger partial charge in [0.25, 0.3) is 5.76 Å². The van der Waals surface area contributed by atoms with Crippen LogP contribution in [0.2, 0.25) is 0 Å². The van der Waals surface area contributed by atoms with Crippen molar-refractivity contribution in [1.82, 2.24) is 10.3 Å².